The molecule has 0 aromatic heterocycles. The molecule has 4 heteroatoms. The summed E-state index contributed by atoms with van der Waals surface area (Å²) >= 11 is 5.19. The Bertz CT molecular complexity index is 474. The highest BCUT2D eigenvalue weighted by Gasteiger charge is 2.41. The van der Waals surface area contributed by atoms with E-state index in [-0.39, 0.29) is 11.8 Å². The maximum Gasteiger partial charge on any atom is 0.181 e. The average Bonchev–Trinajstić information content (AvgIpc) is 2.17. The lowest BCUT2D eigenvalue weighted by Gasteiger charge is -2.45. The Morgan fingerprint density at radius 3 is 3.12 bits per heavy atom. The first-order valence-electron chi connectivity index (χ1n) is 5.44. The lowest BCUT2D eigenvalue weighted by Crippen LogP contribution is -2.62. The van der Waals surface area contributed by atoms with Gasteiger partial charge in [0.05, 0.1) is 6.04 Å². The van der Waals surface area contributed by atoms with E-state index in [2.05, 4.69) is 29.7 Å². The first-order valence-corrected chi connectivity index (χ1v) is 5.85. The van der Waals surface area contributed by atoms with Gasteiger partial charge in [0.1, 0.15) is 5.75 Å². The summed E-state index contributed by atoms with van der Waals surface area (Å²) in [6, 6.07) is 6.54. The highest BCUT2D eigenvalue weighted by Crippen LogP contribution is 2.40. The SMILES string of the molecule is Cc1ccc2c(c1)C1CC(C)(NC(=S)N1)O2. The molecule has 2 unspecified atom stereocenters. The summed E-state index contributed by atoms with van der Waals surface area (Å²) in [4.78, 5) is 0. The largest absolute Gasteiger partial charge is 0.468 e. The standard InChI is InChI=1S/C12H14N2OS/c1-7-3-4-10-8(5-7)9-6-12(2,15-10)14-11(16)13-9/h3-5,9H,6H2,1-2H3,(H2,13,14,16). The predicted molar refractivity (Wildman–Crippen MR) is 66.4 cm³/mol. The van der Waals surface area contributed by atoms with E-state index in [4.69, 9.17) is 17.0 Å². The summed E-state index contributed by atoms with van der Waals surface area (Å²) in [7, 11) is 0. The van der Waals surface area contributed by atoms with Crippen LogP contribution in [0.5, 0.6) is 5.75 Å². The average molecular weight is 234 g/mol. The summed E-state index contributed by atoms with van der Waals surface area (Å²) in [6.07, 6.45) is 0.892. The Balaban J connectivity index is 2.10. The van der Waals surface area contributed by atoms with E-state index >= 15 is 0 Å². The maximum atomic E-state index is 5.98. The third-order valence-corrected chi connectivity index (χ3v) is 3.37. The number of thiocarbonyl (C=S) groups is 1. The Labute approximate surface area is 100 Å². The zero-order chi connectivity index (χ0) is 11.3. The van der Waals surface area contributed by atoms with Crippen LogP contribution in [-0.4, -0.2) is 10.8 Å². The second-order valence-corrected chi connectivity index (χ2v) is 5.14. The quantitative estimate of drug-likeness (QED) is 0.673. The van der Waals surface area contributed by atoms with E-state index < -0.39 is 0 Å². The highest BCUT2D eigenvalue weighted by molar-refractivity contribution is 7.80. The van der Waals surface area contributed by atoms with Crippen LogP contribution in [0.2, 0.25) is 0 Å². The Hall–Kier alpha value is -1.29. The molecule has 2 N–H and O–H groups in total. The molecule has 84 valence electrons. The molecule has 2 bridgehead atoms. The van der Waals surface area contributed by atoms with Gasteiger partial charge in [-0.1, -0.05) is 17.7 Å². The van der Waals surface area contributed by atoms with E-state index in [0.717, 1.165) is 12.2 Å². The molecule has 0 amide bonds. The minimum atomic E-state index is -0.366. The number of rotatable bonds is 0. The van der Waals surface area contributed by atoms with Crippen molar-refractivity contribution in [3.63, 3.8) is 0 Å². The number of hydrogen-bond donors (Lipinski definition) is 2. The van der Waals surface area contributed by atoms with E-state index in [1.807, 2.05) is 13.0 Å². The van der Waals surface area contributed by atoms with Crippen LogP contribution in [0.3, 0.4) is 0 Å². The molecule has 3 nitrogen and oxygen atoms in total. The van der Waals surface area contributed by atoms with Gasteiger partial charge in [-0.2, -0.15) is 0 Å². The van der Waals surface area contributed by atoms with Crippen LogP contribution in [0.4, 0.5) is 0 Å². The van der Waals surface area contributed by atoms with Crippen molar-refractivity contribution in [1.29, 1.82) is 0 Å². The summed E-state index contributed by atoms with van der Waals surface area (Å²) in [5.41, 5.74) is 2.09. The van der Waals surface area contributed by atoms with Crippen LogP contribution in [0.25, 0.3) is 0 Å². The molecule has 0 radical (unpaired) electrons. The van der Waals surface area contributed by atoms with Crippen LogP contribution < -0.4 is 15.4 Å². The van der Waals surface area contributed by atoms with Gasteiger partial charge < -0.3 is 15.4 Å². The topological polar surface area (TPSA) is 33.3 Å². The van der Waals surface area contributed by atoms with Crippen LogP contribution in [0.1, 0.15) is 30.5 Å². The molecule has 0 aliphatic carbocycles. The molecule has 2 atom stereocenters. The van der Waals surface area contributed by atoms with Gasteiger partial charge in [0.25, 0.3) is 0 Å². The molecular weight excluding hydrogens is 220 g/mol. The summed E-state index contributed by atoms with van der Waals surface area (Å²) in [5, 5.41) is 7.15. The van der Waals surface area contributed by atoms with Crippen LogP contribution in [0.15, 0.2) is 18.2 Å². The van der Waals surface area contributed by atoms with Crippen LogP contribution in [-0.2, 0) is 0 Å². The van der Waals surface area contributed by atoms with E-state index in [1.165, 1.54) is 11.1 Å². The molecule has 2 heterocycles. The van der Waals surface area contributed by atoms with Crippen LogP contribution >= 0.6 is 12.2 Å². The molecule has 1 aromatic rings. The van der Waals surface area contributed by atoms with E-state index in [1.54, 1.807) is 0 Å². The third-order valence-electron chi connectivity index (χ3n) is 3.15. The van der Waals surface area contributed by atoms with Gasteiger partial charge >= 0.3 is 0 Å². The Morgan fingerprint density at radius 1 is 1.50 bits per heavy atom. The number of benzene rings is 1. The number of aryl methyl sites for hydroxylation is 1. The molecular formula is C12H14N2OS. The fourth-order valence-corrected chi connectivity index (χ4v) is 2.81. The fourth-order valence-electron chi connectivity index (χ4n) is 2.46. The Morgan fingerprint density at radius 2 is 2.31 bits per heavy atom. The van der Waals surface area contributed by atoms with E-state index in [9.17, 15) is 0 Å². The minimum Gasteiger partial charge on any atom is -0.468 e. The molecule has 0 spiro atoms. The van der Waals surface area contributed by atoms with Gasteiger partial charge in [-0.05, 0) is 32.1 Å². The van der Waals surface area contributed by atoms with Gasteiger partial charge in [0.2, 0.25) is 0 Å². The van der Waals surface area contributed by atoms with Gasteiger partial charge in [-0.25, -0.2) is 0 Å². The minimum absolute atomic E-state index is 0.266. The maximum absolute atomic E-state index is 5.98. The number of fused-ring (bicyclic) bond motifs is 4. The zero-order valence-corrected chi connectivity index (χ0v) is 10.1. The number of ether oxygens (including phenoxy) is 1. The molecule has 1 aromatic carbocycles. The smallest absolute Gasteiger partial charge is 0.181 e. The lowest BCUT2D eigenvalue weighted by molar-refractivity contribution is 0.0250. The van der Waals surface area contributed by atoms with Crippen molar-refractivity contribution in [1.82, 2.24) is 10.6 Å². The van der Waals surface area contributed by atoms with Crippen LogP contribution in [0, 0.1) is 6.92 Å². The molecule has 1 fully saturated rings. The Kier molecular flexibility index (Phi) is 1.92. The molecule has 0 saturated carbocycles. The third kappa shape index (κ3) is 1.45. The first kappa shape index (κ1) is 9.90. The number of hydrogen-bond acceptors (Lipinski definition) is 2. The van der Waals surface area contributed by atoms with Gasteiger partial charge in [0.15, 0.2) is 10.8 Å². The highest BCUT2D eigenvalue weighted by atomic mass is 32.1. The normalized spacial score (nSPS) is 30.9. The second kappa shape index (κ2) is 3.10. The van der Waals surface area contributed by atoms with Crippen molar-refractivity contribution in [3.8, 4) is 5.75 Å². The molecule has 2 aliphatic rings. The summed E-state index contributed by atoms with van der Waals surface area (Å²) in [6.45, 7) is 4.13. The van der Waals surface area contributed by atoms with Gasteiger partial charge in [0, 0.05) is 12.0 Å². The monoisotopic (exact) mass is 234 g/mol. The predicted octanol–water partition coefficient (Wildman–Crippen LogP) is 2.01. The molecule has 1 saturated heterocycles. The van der Waals surface area contributed by atoms with Gasteiger partial charge in [-0.3, -0.25) is 0 Å². The molecule has 2 aliphatic heterocycles. The zero-order valence-electron chi connectivity index (χ0n) is 9.33. The fraction of sp³-hybridized carbons (Fsp3) is 0.417. The van der Waals surface area contributed by atoms with Crippen molar-refractivity contribution >= 4 is 17.3 Å². The first-order chi connectivity index (χ1) is 7.56. The van der Waals surface area contributed by atoms with Gasteiger partial charge in [-0.15, -0.1) is 0 Å². The van der Waals surface area contributed by atoms with Crippen molar-refractivity contribution in [2.45, 2.75) is 32.0 Å². The lowest BCUT2D eigenvalue weighted by atomic mass is 9.91. The molecule has 16 heavy (non-hydrogen) atoms. The van der Waals surface area contributed by atoms with Crippen molar-refractivity contribution in [2.75, 3.05) is 0 Å². The summed E-state index contributed by atoms with van der Waals surface area (Å²) < 4.78 is 5.98. The summed E-state index contributed by atoms with van der Waals surface area (Å²) in [5.74, 6) is 0.951. The second-order valence-electron chi connectivity index (χ2n) is 4.73. The molecule has 3 rings (SSSR count). The van der Waals surface area contributed by atoms with Crippen molar-refractivity contribution < 1.29 is 4.74 Å². The van der Waals surface area contributed by atoms with E-state index in [0.29, 0.717) is 5.11 Å². The number of nitrogens with one attached hydrogen (secondary N) is 2. The van der Waals surface area contributed by atoms with Crippen molar-refractivity contribution in [3.05, 3.63) is 29.3 Å². The van der Waals surface area contributed by atoms with Crippen molar-refractivity contribution in [2.24, 2.45) is 0 Å².